The quantitative estimate of drug-likeness (QED) is 0.0819. The zero-order valence-electron chi connectivity index (χ0n) is 19.7. The van der Waals surface area contributed by atoms with Gasteiger partial charge < -0.3 is 39.6 Å². The van der Waals surface area contributed by atoms with E-state index in [0.717, 1.165) is 5.56 Å². The van der Waals surface area contributed by atoms with Gasteiger partial charge in [-0.2, -0.15) is 0 Å². The van der Waals surface area contributed by atoms with Crippen molar-refractivity contribution in [3.63, 3.8) is 0 Å². The van der Waals surface area contributed by atoms with Crippen molar-refractivity contribution in [2.24, 2.45) is 0 Å². The van der Waals surface area contributed by atoms with Crippen LogP contribution in [0, 0.1) is 0 Å². The molecule has 0 saturated carbocycles. The Morgan fingerprint density at radius 1 is 1.03 bits per heavy atom. The van der Waals surface area contributed by atoms with Crippen LogP contribution in [0.25, 0.3) is 11.2 Å². The molecule has 2 heterocycles. The normalized spacial score (nSPS) is 12.3. The number of ether oxygens (including phenoxy) is 3. The Morgan fingerprint density at radius 2 is 1.71 bits per heavy atom. The largest absolute Gasteiger partial charge is 0.510 e. The van der Waals surface area contributed by atoms with Crippen LogP contribution in [0.15, 0.2) is 55.1 Å². The molecule has 0 aliphatic rings. The number of nitrogens with two attached hydrogens (primary N) is 1. The molecule has 16 nitrogen and oxygen atoms in total. The van der Waals surface area contributed by atoms with Gasteiger partial charge in [0.1, 0.15) is 24.8 Å². The predicted octanol–water partition coefficient (Wildman–Crippen LogP) is 1.61. The fourth-order valence-corrected chi connectivity index (χ4v) is 3.15. The van der Waals surface area contributed by atoms with Gasteiger partial charge in [-0.1, -0.05) is 30.3 Å². The Morgan fingerprint density at radius 3 is 2.37 bits per heavy atom. The first kappa shape index (κ1) is 29.9. The molecular formula is C21H24N5O11P. The first-order valence-corrected chi connectivity index (χ1v) is 12.3. The molecule has 3 rings (SSSR count). The monoisotopic (exact) mass is 553 g/mol. The molecule has 0 radical (unpaired) electrons. The van der Waals surface area contributed by atoms with Crippen molar-refractivity contribution in [3.05, 3.63) is 60.7 Å². The second-order valence-electron chi connectivity index (χ2n) is 6.97. The molecule has 5 N–H and O–H groups in total. The van der Waals surface area contributed by atoms with Crippen LogP contribution < -0.4 is 5.73 Å². The number of nitrogen functional groups attached to an aromatic ring is 1. The number of carbonyl (C=O) groups excluding carboxylic acids is 1. The first-order valence-electron chi connectivity index (χ1n) is 10.5. The fourth-order valence-electron chi connectivity index (χ4n) is 2.50. The lowest BCUT2D eigenvalue weighted by Crippen LogP contribution is -2.12. The van der Waals surface area contributed by atoms with Gasteiger partial charge in [0.25, 0.3) is 0 Å². The Labute approximate surface area is 214 Å². The molecule has 1 aromatic carbocycles. The molecule has 0 spiro atoms. The molecule has 1 atom stereocenters. The molecular weight excluding hydrogens is 529 g/mol. The number of benzene rings is 1. The highest BCUT2D eigenvalue weighted by Gasteiger charge is 2.21. The standard InChI is InChI=1S/C17H20N5O7P.C4H4O4/c18-15-14-16(20-9-19-15)22(10-21-14)6-7-26-12-30(24,25)29-11-28-17(23)27-8-13-4-2-1-3-5-13;5-3(6)1-2-4(7)8/h1-5,9-10H,6-8,11-12H2,(H,24,25)(H2,18,19,20);1-2H,(H,5,6)(H,7,8)/b;2-1+. The second-order valence-corrected chi connectivity index (χ2v) is 8.76. The minimum atomic E-state index is -4.11. The highest BCUT2D eigenvalue weighted by atomic mass is 31.2. The number of carboxylic acids is 2. The summed E-state index contributed by atoms with van der Waals surface area (Å²) in [6, 6.07) is 8.98. The van der Waals surface area contributed by atoms with E-state index >= 15 is 0 Å². The minimum absolute atomic E-state index is 0.0130. The summed E-state index contributed by atoms with van der Waals surface area (Å²) < 4.78 is 32.9. The van der Waals surface area contributed by atoms with E-state index in [1.54, 1.807) is 28.8 Å². The molecule has 0 bridgehead atoms. The maximum atomic E-state index is 11.9. The Hall–Kier alpha value is -4.37. The summed E-state index contributed by atoms with van der Waals surface area (Å²) in [7, 11) is -4.11. The third-order valence-electron chi connectivity index (χ3n) is 4.16. The molecule has 0 saturated heterocycles. The minimum Gasteiger partial charge on any atom is -0.478 e. The number of aliphatic carboxylic acids is 2. The summed E-state index contributed by atoms with van der Waals surface area (Å²) >= 11 is 0. The van der Waals surface area contributed by atoms with Gasteiger partial charge in [0.2, 0.25) is 6.79 Å². The number of hydrogen-bond donors (Lipinski definition) is 4. The number of hydrogen-bond acceptors (Lipinski definition) is 12. The number of carboxylic acid groups (broad SMARTS) is 2. The zero-order valence-corrected chi connectivity index (χ0v) is 20.5. The van der Waals surface area contributed by atoms with E-state index in [9.17, 15) is 23.8 Å². The summed E-state index contributed by atoms with van der Waals surface area (Å²) in [6.45, 7) is -0.329. The average Bonchev–Trinajstić information content (AvgIpc) is 3.29. The van der Waals surface area contributed by atoms with Crippen LogP contribution in [0.4, 0.5) is 10.6 Å². The lowest BCUT2D eigenvalue weighted by molar-refractivity contribution is -0.134. The van der Waals surface area contributed by atoms with Gasteiger partial charge in [-0.3, -0.25) is 9.09 Å². The smallest absolute Gasteiger partial charge is 0.478 e. The van der Waals surface area contributed by atoms with Gasteiger partial charge in [-0.25, -0.2) is 29.3 Å². The Balaban J connectivity index is 0.000000550. The van der Waals surface area contributed by atoms with Crippen molar-refractivity contribution < 1.29 is 52.8 Å². The van der Waals surface area contributed by atoms with Gasteiger partial charge >= 0.3 is 25.7 Å². The highest BCUT2D eigenvalue weighted by molar-refractivity contribution is 7.52. The lowest BCUT2D eigenvalue weighted by Gasteiger charge is -2.13. The van der Waals surface area contributed by atoms with Crippen molar-refractivity contribution in [2.75, 3.05) is 25.5 Å². The number of anilines is 1. The lowest BCUT2D eigenvalue weighted by atomic mass is 10.2. The Kier molecular flexibility index (Phi) is 11.8. The average molecular weight is 553 g/mol. The van der Waals surface area contributed by atoms with Crippen LogP contribution in [0.1, 0.15) is 5.56 Å². The molecule has 0 fully saturated rings. The van der Waals surface area contributed by atoms with Crippen LogP contribution in [0.2, 0.25) is 0 Å². The summed E-state index contributed by atoms with van der Waals surface area (Å²) in [5.41, 5.74) is 7.47. The molecule has 17 heteroatoms. The molecule has 3 aromatic rings. The van der Waals surface area contributed by atoms with Crippen molar-refractivity contribution in [3.8, 4) is 0 Å². The van der Waals surface area contributed by atoms with Crippen molar-refractivity contribution >= 4 is 42.7 Å². The third-order valence-corrected chi connectivity index (χ3v) is 5.18. The van der Waals surface area contributed by atoms with Gasteiger partial charge in [0.05, 0.1) is 12.9 Å². The van der Waals surface area contributed by atoms with Crippen LogP contribution in [-0.4, -0.2) is 72.5 Å². The predicted molar refractivity (Wildman–Crippen MR) is 128 cm³/mol. The van der Waals surface area contributed by atoms with Crippen molar-refractivity contribution in [1.29, 1.82) is 0 Å². The van der Waals surface area contributed by atoms with E-state index < -0.39 is 38.8 Å². The van der Waals surface area contributed by atoms with Crippen molar-refractivity contribution in [2.45, 2.75) is 13.2 Å². The molecule has 0 aliphatic heterocycles. The van der Waals surface area contributed by atoms with Crippen LogP contribution in [-0.2, 0) is 46.0 Å². The van der Waals surface area contributed by atoms with E-state index in [4.69, 9.17) is 25.4 Å². The summed E-state index contributed by atoms with van der Waals surface area (Å²) in [5.74, 6) is -2.25. The van der Waals surface area contributed by atoms with E-state index in [2.05, 4.69) is 24.2 Å². The SMILES string of the molecule is Nc1ncnc2c1ncn2CCOCP(=O)(O)OCOC(=O)OCc1ccccc1.O=C(O)/C=C/C(=O)O. The molecule has 2 aromatic heterocycles. The number of nitrogens with zero attached hydrogens (tertiary/aromatic N) is 4. The molecule has 0 aliphatic carbocycles. The number of rotatable bonds is 12. The van der Waals surface area contributed by atoms with Crippen LogP contribution >= 0.6 is 7.60 Å². The van der Waals surface area contributed by atoms with Crippen molar-refractivity contribution in [1.82, 2.24) is 19.5 Å². The number of carbonyl (C=O) groups is 3. The van der Waals surface area contributed by atoms with Gasteiger partial charge in [-0.05, 0) is 5.56 Å². The van der Waals surface area contributed by atoms with E-state index in [1.807, 2.05) is 6.07 Å². The zero-order chi connectivity index (χ0) is 28.0. The number of aromatic nitrogens is 4. The summed E-state index contributed by atoms with van der Waals surface area (Å²) in [5, 5.41) is 15.6. The molecule has 38 heavy (non-hydrogen) atoms. The maximum absolute atomic E-state index is 11.9. The molecule has 1 unspecified atom stereocenters. The van der Waals surface area contributed by atoms with Crippen LogP contribution in [0.5, 0.6) is 0 Å². The van der Waals surface area contributed by atoms with E-state index in [0.29, 0.717) is 29.9 Å². The summed E-state index contributed by atoms with van der Waals surface area (Å²) in [6.07, 6.45) is 2.34. The summed E-state index contributed by atoms with van der Waals surface area (Å²) in [4.78, 5) is 52.3. The van der Waals surface area contributed by atoms with Crippen LogP contribution in [0.3, 0.4) is 0 Å². The van der Waals surface area contributed by atoms with E-state index in [1.165, 1.54) is 12.7 Å². The molecule has 0 amide bonds. The first-order chi connectivity index (χ1) is 18.1. The van der Waals surface area contributed by atoms with Gasteiger partial charge in [-0.15, -0.1) is 0 Å². The van der Waals surface area contributed by atoms with E-state index in [-0.39, 0.29) is 19.0 Å². The maximum Gasteiger partial charge on any atom is 0.510 e. The number of fused-ring (bicyclic) bond motifs is 1. The van der Waals surface area contributed by atoms with Gasteiger partial charge in [0.15, 0.2) is 11.5 Å². The number of imidazole rings is 1. The third kappa shape index (κ3) is 11.1. The fraction of sp³-hybridized carbons (Fsp3) is 0.238. The Bertz CT molecular complexity index is 1280. The molecule has 204 valence electrons. The second kappa shape index (κ2) is 15.0. The van der Waals surface area contributed by atoms with Gasteiger partial charge in [0, 0.05) is 18.7 Å². The topological polar surface area (TPSA) is 236 Å². The highest BCUT2D eigenvalue weighted by Crippen LogP contribution is 2.41.